The van der Waals surface area contributed by atoms with Gasteiger partial charge in [-0.25, -0.2) is 0 Å². The van der Waals surface area contributed by atoms with E-state index in [4.69, 9.17) is 14.2 Å². The van der Waals surface area contributed by atoms with Crippen LogP contribution in [0.25, 0.3) is 0 Å². The molecule has 8 unspecified atom stereocenters. The van der Waals surface area contributed by atoms with E-state index in [0.717, 1.165) is 57.8 Å². The van der Waals surface area contributed by atoms with E-state index in [1.54, 1.807) is 6.08 Å². The van der Waals surface area contributed by atoms with Crippen molar-refractivity contribution in [3.05, 3.63) is 24.3 Å². The molecule has 0 aliphatic carbocycles. The first-order valence-corrected chi connectivity index (χ1v) is 38.1. The van der Waals surface area contributed by atoms with Gasteiger partial charge in [-0.05, 0) is 51.4 Å². The molecule has 1 heterocycles. The summed E-state index contributed by atoms with van der Waals surface area (Å²) in [6.45, 7) is 5.86. The summed E-state index contributed by atoms with van der Waals surface area (Å²) in [4.78, 5) is 26.7. The molecule has 0 aromatic rings. The van der Waals surface area contributed by atoms with Crippen LogP contribution in [-0.4, -0.2) is 99.6 Å². The Kier molecular flexibility index (Phi) is 61.4. The van der Waals surface area contributed by atoms with Crippen molar-refractivity contribution < 1.29 is 49.3 Å². The highest BCUT2D eigenvalue weighted by molar-refractivity contribution is 5.80. The number of rotatable bonds is 67. The summed E-state index contributed by atoms with van der Waals surface area (Å²) >= 11 is 0. The second kappa shape index (κ2) is 64.3. The Morgan fingerprint density at radius 3 is 1.11 bits per heavy atom. The number of amides is 1. The van der Waals surface area contributed by atoms with Crippen LogP contribution in [0.3, 0.4) is 0 Å². The quantitative estimate of drug-likeness (QED) is 0.0195. The second-order valence-corrected chi connectivity index (χ2v) is 26.7. The number of aliphatic hydroxyl groups is 5. The zero-order valence-electron chi connectivity index (χ0n) is 57.4. The highest BCUT2D eigenvalue weighted by Gasteiger charge is 2.47. The van der Waals surface area contributed by atoms with Crippen LogP contribution in [0.1, 0.15) is 387 Å². The Hall–Kier alpha value is -1.86. The number of ether oxygens (including phenoxy) is 3. The smallest absolute Gasteiger partial charge is 0.306 e. The van der Waals surface area contributed by atoms with E-state index in [9.17, 15) is 35.1 Å². The number of nitrogens with one attached hydrogen (secondary N) is 1. The molecular formula is C76H145NO10. The highest BCUT2D eigenvalue weighted by atomic mass is 16.7. The molecule has 6 N–H and O–H groups in total. The van der Waals surface area contributed by atoms with Gasteiger partial charge in [0.25, 0.3) is 0 Å². The molecule has 1 rings (SSSR count). The number of unbranched alkanes of at least 4 members (excludes halogenated alkanes) is 51. The molecule has 0 aromatic carbocycles. The van der Waals surface area contributed by atoms with E-state index in [1.165, 1.54) is 283 Å². The molecule has 11 heteroatoms. The van der Waals surface area contributed by atoms with Crippen LogP contribution >= 0.6 is 0 Å². The molecule has 0 saturated carbocycles. The van der Waals surface area contributed by atoms with E-state index in [2.05, 4.69) is 38.2 Å². The van der Waals surface area contributed by atoms with Crippen molar-refractivity contribution in [3.63, 3.8) is 0 Å². The van der Waals surface area contributed by atoms with Crippen molar-refractivity contribution in [1.29, 1.82) is 0 Å². The number of hydrogen-bond acceptors (Lipinski definition) is 10. The van der Waals surface area contributed by atoms with Gasteiger partial charge in [0.15, 0.2) is 12.4 Å². The Morgan fingerprint density at radius 2 is 0.759 bits per heavy atom. The molecule has 11 nitrogen and oxygen atoms in total. The van der Waals surface area contributed by atoms with Gasteiger partial charge >= 0.3 is 5.97 Å². The predicted octanol–water partition coefficient (Wildman–Crippen LogP) is 20.0. The number of carbonyl (C=O) groups is 2. The zero-order chi connectivity index (χ0) is 63.1. The molecule has 1 amide bonds. The predicted molar refractivity (Wildman–Crippen MR) is 366 cm³/mol. The molecule has 1 saturated heterocycles. The Balaban J connectivity index is 2.53. The van der Waals surface area contributed by atoms with E-state index in [0.29, 0.717) is 19.3 Å². The Morgan fingerprint density at radius 1 is 0.437 bits per heavy atom. The topological polar surface area (TPSA) is 175 Å². The van der Waals surface area contributed by atoms with E-state index < -0.39 is 67.4 Å². The van der Waals surface area contributed by atoms with Crippen LogP contribution in [0.15, 0.2) is 24.3 Å². The maximum absolute atomic E-state index is 13.5. The van der Waals surface area contributed by atoms with Crippen molar-refractivity contribution in [3.8, 4) is 0 Å². The number of allylic oxidation sites excluding steroid dienone is 3. The lowest BCUT2D eigenvalue weighted by Gasteiger charge is -2.41. The normalized spacial score (nSPS) is 18.3. The van der Waals surface area contributed by atoms with E-state index in [-0.39, 0.29) is 13.0 Å². The molecule has 0 bridgehead atoms. The summed E-state index contributed by atoms with van der Waals surface area (Å²) in [5, 5.41) is 57.4. The Bertz CT molecular complexity index is 1510. The molecule has 0 spiro atoms. The maximum atomic E-state index is 13.5. The Labute approximate surface area is 537 Å². The third-order valence-corrected chi connectivity index (χ3v) is 18.4. The van der Waals surface area contributed by atoms with Crippen molar-refractivity contribution in [1.82, 2.24) is 5.32 Å². The molecule has 1 aliphatic heterocycles. The van der Waals surface area contributed by atoms with Crippen molar-refractivity contribution in [2.75, 3.05) is 13.2 Å². The van der Waals surface area contributed by atoms with E-state index >= 15 is 0 Å². The first kappa shape index (κ1) is 83.2. The molecule has 514 valence electrons. The number of aliphatic hydroxyl groups excluding tert-OH is 5. The van der Waals surface area contributed by atoms with Crippen molar-refractivity contribution in [2.24, 2.45) is 0 Å². The summed E-state index contributed by atoms with van der Waals surface area (Å²) in [5.41, 5.74) is 0. The van der Waals surface area contributed by atoms with Crippen LogP contribution in [0.2, 0.25) is 0 Å². The molecular weight excluding hydrogens is 1090 g/mol. The average Bonchev–Trinajstić information content (AvgIpc) is 1.52. The van der Waals surface area contributed by atoms with Gasteiger partial charge < -0.3 is 45.1 Å². The highest BCUT2D eigenvalue weighted by Crippen LogP contribution is 2.27. The van der Waals surface area contributed by atoms with Crippen LogP contribution < -0.4 is 5.32 Å². The molecule has 0 aromatic heterocycles. The molecule has 8 atom stereocenters. The SMILES string of the molecule is CCCCCCCC/C=C/CCCCCCCCCCCCCCCCCCC(O)C(=O)NC(COC1OC(CO)C(O)C(O)C1OC(=O)CCCCCCCCCCCCCCCCCCCCC)C(O)/C=C/CCCCCCCCCCCCC. The summed E-state index contributed by atoms with van der Waals surface area (Å²) in [6, 6.07) is -1.02. The van der Waals surface area contributed by atoms with Gasteiger partial charge in [0, 0.05) is 6.42 Å². The van der Waals surface area contributed by atoms with Gasteiger partial charge in [0.1, 0.15) is 24.4 Å². The fourth-order valence-electron chi connectivity index (χ4n) is 12.4. The minimum absolute atomic E-state index is 0.131. The monoisotopic (exact) mass is 1230 g/mol. The van der Waals surface area contributed by atoms with Crippen molar-refractivity contribution in [2.45, 2.75) is 436 Å². The van der Waals surface area contributed by atoms with Crippen LogP contribution in [0.5, 0.6) is 0 Å². The minimum atomic E-state index is -1.61. The van der Waals surface area contributed by atoms with Gasteiger partial charge in [-0.1, -0.05) is 353 Å². The van der Waals surface area contributed by atoms with Crippen LogP contribution in [0.4, 0.5) is 0 Å². The zero-order valence-corrected chi connectivity index (χ0v) is 57.4. The molecule has 1 fully saturated rings. The number of esters is 1. The standard InChI is InChI=1S/C76H145NO10/c1-4-7-10-13-16-19-22-25-27-29-31-32-33-34-35-36-37-39-40-42-45-48-51-54-57-60-63-69(80)75(84)77-67(68(79)62-59-56-53-50-47-44-24-21-18-15-12-9-6-3)66-85-76-74(73(83)72(82)70(65-78)86-76)87-71(81)64-61-58-55-52-49-46-43-41-38-30-28-26-23-20-17-14-11-8-5-2/h25,27,59,62,67-70,72-74,76,78-80,82-83H,4-24,26,28-58,60-61,63-66H2,1-3H3,(H,77,84)/b27-25+,62-59+. The van der Waals surface area contributed by atoms with Crippen LogP contribution in [0, 0.1) is 0 Å². The maximum Gasteiger partial charge on any atom is 0.306 e. The molecule has 0 radical (unpaired) electrons. The van der Waals surface area contributed by atoms with Gasteiger partial charge in [-0.2, -0.15) is 0 Å². The fourth-order valence-corrected chi connectivity index (χ4v) is 12.4. The van der Waals surface area contributed by atoms with Gasteiger partial charge in [0.2, 0.25) is 5.91 Å². The lowest BCUT2D eigenvalue weighted by atomic mass is 9.99. The van der Waals surface area contributed by atoms with E-state index in [1.807, 2.05) is 6.08 Å². The average molecular weight is 1230 g/mol. The minimum Gasteiger partial charge on any atom is -0.454 e. The second-order valence-electron chi connectivity index (χ2n) is 26.7. The lowest BCUT2D eigenvalue weighted by Crippen LogP contribution is -2.61. The first-order chi connectivity index (χ1) is 42.7. The number of hydrogen-bond donors (Lipinski definition) is 6. The van der Waals surface area contributed by atoms with Crippen molar-refractivity contribution >= 4 is 11.9 Å². The largest absolute Gasteiger partial charge is 0.454 e. The lowest BCUT2D eigenvalue weighted by molar-refractivity contribution is -0.305. The molecule has 1 aliphatic rings. The van der Waals surface area contributed by atoms with Gasteiger partial charge in [-0.3, -0.25) is 9.59 Å². The number of carbonyl (C=O) groups excluding carboxylic acids is 2. The fraction of sp³-hybridized carbons (Fsp3) is 0.921. The summed E-state index contributed by atoms with van der Waals surface area (Å²) in [7, 11) is 0. The summed E-state index contributed by atoms with van der Waals surface area (Å²) in [6.07, 6.45) is 68.0. The first-order valence-electron chi connectivity index (χ1n) is 38.1. The van der Waals surface area contributed by atoms with Crippen LogP contribution in [-0.2, 0) is 23.8 Å². The third kappa shape index (κ3) is 51.4. The van der Waals surface area contributed by atoms with Gasteiger partial charge in [0.05, 0.1) is 25.4 Å². The molecule has 87 heavy (non-hydrogen) atoms. The van der Waals surface area contributed by atoms with Gasteiger partial charge in [-0.15, -0.1) is 0 Å². The summed E-state index contributed by atoms with van der Waals surface area (Å²) in [5.74, 6) is -1.17. The third-order valence-electron chi connectivity index (χ3n) is 18.4. The summed E-state index contributed by atoms with van der Waals surface area (Å²) < 4.78 is 17.7.